The SMILES string of the molecule is Cc1cc(N)c(Cl)cc1N(CCC(C)C)CCC(C)C. The molecule has 0 radical (unpaired) electrons. The highest BCUT2D eigenvalue weighted by atomic mass is 35.5. The van der Waals surface area contributed by atoms with Crippen molar-refractivity contribution >= 4 is 23.0 Å². The summed E-state index contributed by atoms with van der Waals surface area (Å²) in [4.78, 5) is 2.46. The molecule has 0 saturated carbocycles. The smallest absolute Gasteiger partial charge is 0.0656 e. The first-order chi connectivity index (χ1) is 9.31. The topological polar surface area (TPSA) is 29.3 Å². The Labute approximate surface area is 129 Å². The third-order valence-corrected chi connectivity index (χ3v) is 3.94. The second-order valence-corrected chi connectivity index (χ2v) is 6.92. The predicted octanol–water partition coefficient (Wildman–Crippen LogP) is 5.13. The van der Waals surface area contributed by atoms with Crippen LogP contribution < -0.4 is 10.6 Å². The van der Waals surface area contributed by atoms with Crippen LogP contribution in [0.3, 0.4) is 0 Å². The van der Waals surface area contributed by atoms with Gasteiger partial charge in [0.2, 0.25) is 0 Å². The molecule has 1 rings (SSSR count). The summed E-state index contributed by atoms with van der Waals surface area (Å²) in [7, 11) is 0. The van der Waals surface area contributed by atoms with Crippen molar-refractivity contribution in [2.24, 2.45) is 11.8 Å². The van der Waals surface area contributed by atoms with Crippen molar-refractivity contribution < 1.29 is 0 Å². The number of nitrogen functional groups attached to an aromatic ring is 1. The summed E-state index contributed by atoms with van der Waals surface area (Å²) in [5.74, 6) is 1.42. The number of nitrogens with two attached hydrogens (primary N) is 1. The van der Waals surface area contributed by atoms with Gasteiger partial charge < -0.3 is 10.6 Å². The first-order valence-electron chi connectivity index (χ1n) is 7.61. The van der Waals surface area contributed by atoms with Crippen molar-refractivity contribution in [3.8, 4) is 0 Å². The van der Waals surface area contributed by atoms with Gasteiger partial charge in [-0.25, -0.2) is 0 Å². The largest absolute Gasteiger partial charge is 0.398 e. The molecule has 3 heteroatoms. The van der Waals surface area contributed by atoms with Crippen molar-refractivity contribution in [3.05, 3.63) is 22.7 Å². The zero-order valence-corrected chi connectivity index (χ0v) is 14.3. The van der Waals surface area contributed by atoms with Gasteiger partial charge in [0, 0.05) is 18.8 Å². The van der Waals surface area contributed by atoms with E-state index in [1.807, 2.05) is 12.1 Å². The van der Waals surface area contributed by atoms with Gasteiger partial charge in [-0.2, -0.15) is 0 Å². The number of nitrogens with zero attached hydrogens (tertiary/aromatic N) is 1. The van der Waals surface area contributed by atoms with Crippen molar-refractivity contribution in [1.29, 1.82) is 0 Å². The second kappa shape index (κ2) is 7.78. The van der Waals surface area contributed by atoms with E-state index in [1.54, 1.807) is 0 Å². The lowest BCUT2D eigenvalue weighted by molar-refractivity contribution is 0.535. The molecule has 0 aliphatic carbocycles. The second-order valence-electron chi connectivity index (χ2n) is 6.51. The Kier molecular flexibility index (Phi) is 6.67. The van der Waals surface area contributed by atoms with Crippen LogP contribution in [0, 0.1) is 18.8 Å². The molecular weight excluding hydrogens is 268 g/mol. The molecule has 0 aromatic heterocycles. The number of halogens is 1. The van der Waals surface area contributed by atoms with Crippen molar-refractivity contribution in [2.45, 2.75) is 47.5 Å². The van der Waals surface area contributed by atoms with Crippen LogP contribution in [-0.2, 0) is 0 Å². The molecule has 0 aliphatic heterocycles. The molecule has 1 aromatic carbocycles. The summed E-state index contributed by atoms with van der Waals surface area (Å²) in [5.41, 5.74) is 8.99. The van der Waals surface area contributed by atoms with Crippen LogP contribution >= 0.6 is 11.6 Å². The Bertz CT molecular complexity index is 415. The number of hydrogen-bond acceptors (Lipinski definition) is 2. The molecule has 0 atom stereocenters. The van der Waals surface area contributed by atoms with Gasteiger partial charge in [-0.05, 0) is 49.3 Å². The Balaban J connectivity index is 2.93. The summed E-state index contributed by atoms with van der Waals surface area (Å²) in [6.07, 6.45) is 2.39. The Morgan fingerprint density at radius 1 is 1.05 bits per heavy atom. The minimum Gasteiger partial charge on any atom is -0.398 e. The molecule has 0 unspecified atom stereocenters. The van der Waals surface area contributed by atoms with Gasteiger partial charge in [-0.15, -0.1) is 0 Å². The number of rotatable bonds is 7. The van der Waals surface area contributed by atoms with E-state index < -0.39 is 0 Å². The Morgan fingerprint density at radius 3 is 2.00 bits per heavy atom. The average molecular weight is 297 g/mol. The van der Waals surface area contributed by atoms with E-state index in [0.29, 0.717) is 22.5 Å². The molecule has 2 nitrogen and oxygen atoms in total. The fourth-order valence-electron chi connectivity index (χ4n) is 2.21. The highest BCUT2D eigenvalue weighted by molar-refractivity contribution is 6.33. The molecule has 0 saturated heterocycles. The van der Waals surface area contributed by atoms with Crippen LogP contribution in [0.4, 0.5) is 11.4 Å². The maximum atomic E-state index is 6.20. The molecular formula is C17H29ClN2. The van der Waals surface area contributed by atoms with Gasteiger partial charge in [0.15, 0.2) is 0 Å². The molecule has 20 heavy (non-hydrogen) atoms. The maximum Gasteiger partial charge on any atom is 0.0656 e. The minimum absolute atomic E-state index is 0.657. The highest BCUT2D eigenvalue weighted by Crippen LogP contribution is 2.30. The number of hydrogen-bond donors (Lipinski definition) is 1. The molecule has 114 valence electrons. The van der Waals surface area contributed by atoms with Crippen molar-refractivity contribution in [1.82, 2.24) is 0 Å². The van der Waals surface area contributed by atoms with Crippen LogP contribution in [-0.4, -0.2) is 13.1 Å². The standard InChI is InChI=1S/C17H29ClN2/c1-12(2)6-8-20(9-7-13(3)4)17-11-15(18)16(19)10-14(17)5/h10-13H,6-9,19H2,1-5H3. The Morgan fingerprint density at radius 2 is 1.55 bits per heavy atom. The van der Waals surface area contributed by atoms with Crippen molar-refractivity contribution in [3.63, 3.8) is 0 Å². The van der Waals surface area contributed by atoms with E-state index in [1.165, 1.54) is 24.1 Å². The van der Waals surface area contributed by atoms with Gasteiger partial charge in [0.1, 0.15) is 0 Å². The van der Waals surface area contributed by atoms with Crippen LogP contribution in [0.25, 0.3) is 0 Å². The van der Waals surface area contributed by atoms with E-state index in [4.69, 9.17) is 17.3 Å². The van der Waals surface area contributed by atoms with Gasteiger partial charge >= 0.3 is 0 Å². The fraction of sp³-hybridized carbons (Fsp3) is 0.647. The van der Waals surface area contributed by atoms with E-state index in [2.05, 4.69) is 39.5 Å². The molecule has 2 N–H and O–H groups in total. The quantitative estimate of drug-likeness (QED) is 0.707. The van der Waals surface area contributed by atoms with E-state index >= 15 is 0 Å². The first-order valence-corrected chi connectivity index (χ1v) is 7.99. The number of aryl methyl sites for hydroxylation is 1. The van der Waals surface area contributed by atoms with Gasteiger partial charge in [0.05, 0.1) is 10.7 Å². The van der Waals surface area contributed by atoms with Gasteiger partial charge in [-0.1, -0.05) is 39.3 Å². The van der Waals surface area contributed by atoms with Crippen molar-refractivity contribution in [2.75, 3.05) is 23.7 Å². The third-order valence-electron chi connectivity index (χ3n) is 3.61. The lowest BCUT2D eigenvalue weighted by Gasteiger charge is -2.28. The lowest BCUT2D eigenvalue weighted by Crippen LogP contribution is -2.28. The van der Waals surface area contributed by atoms with E-state index in [0.717, 1.165) is 13.1 Å². The third kappa shape index (κ3) is 5.24. The number of benzene rings is 1. The lowest BCUT2D eigenvalue weighted by atomic mass is 10.1. The van der Waals surface area contributed by atoms with Gasteiger partial charge in [-0.3, -0.25) is 0 Å². The first kappa shape index (κ1) is 17.2. The molecule has 0 heterocycles. The zero-order valence-electron chi connectivity index (χ0n) is 13.5. The summed E-state index contributed by atoms with van der Waals surface area (Å²) in [5, 5.41) is 0.657. The normalized spacial score (nSPS) is 11.4. The average Bonchev–Trinajstić information content (AvgIpc) is 2.34. The monoisotopic (exact) mass is 296 g/mol. The van der Waals surface area contributed by atoms with E-state index in [9.17, 15) is 0 Å². The van der Waals surface area contributed by atoms with Crippen LogP contribution in [0.15, 0.2) is 12.1 Å². The molecule has 0 amide bonds. The minimum atomic E-state index is 0.657. The maximum absolute atomic E-state index is 6.20. The van der Waals surface area contributed by atoms with Crippen LogP contribution in [0.1, 0.15) is 46.1 Å². The predicted molar refractivity (Wildman–Crippen MR) is 91.7 cm³/mol. The fourth-order valence-corrected chi connectivity index (χ4v) is 2.37. The van der Waals surface area contributed by atoms with Gasteiger partial charge in [0.25, 0.3) is 0 Å². The molecule has 0 spiro atoms. The highest BCUT2D eigenvalue weighted by Gasteiger charge is 2.13. The summed E-state index contributed by atoms with van der Waals surface area (Å²) in [6.45, 7) is 13.3. The van der Waals surface area contributed by atoms with Crippen LogP contribution in [0.5, 0.6) is 0 Å². The molecule has 0 fully saturated rings. The summed E-state index contributed by atoms with van der Waals surface area (Å²) >= 11 is 6.20. The van der Waals surface area contributed by atoms with E-state index in [-0.39, 0.29) is 0 Å². The van der Waals surface area contributed by atoms with Crippen LogP contribution in [0.2, 0.25) is 5.02 Å². The summed E-state index contributed by atoms with van der Waals surface area (Å²) < 4.78 is 0. The number of anilines is 2. The molecule has 1 aromatic rings. The molecule has 0 bridgehead atoms. The zero-order chi connectivity index (χ0) is 15.3. The summed E-state index contributed by atoms with van der Waals surface area (Å²) in [6, 6.07) is 4.00. The molecule has 0 aliphatic rings. The Hall–Kier alpha value is -0.890.